The predicted molar refractivity (Wildman–Crippen MR) is 110 cm³/mol. The van der Waals surface area contributed by atoms with Crippen molar-refractivity contribution in [1.29, 1.82) is 0 Å². The number of nitrogens with one attached hydrogen (secondary N) is 1. The van der Waals surface area contributed by atoms with E-state index in [0.717, 1.165) is 5.56 Å². The maximum absolute atomic E-state index is 13.4. The number of methoxy groups -OCH3 is 1. The highest BCUT2D eigenvalue weighted by Crippen LogP contribution is 2.37. The fraction of sp³-hybridized carbons (Fsp3) is 0.350. The van der Waals surface area contributed by atoms with Crippen LogP contribution in [-0.2, 0) is 16.1 Å². The van der Waals surface area contributed by atoms with Crippen molar-refractivity contribution in [2.24, 2.45) is 0 Å². The molecule has 1 amide bonds. The highest BCUT2D eigenvalue weighted by Gasteiger charge is 2.18. The summed E-state index contributed by atoms with van der Waals surface area (Å²) >= 11 is 12.1. The van der Waals surface area contributed by atoms with Gasteiger partial charge in [0.05, 0.1) is 28.9 Å². The van der Waals surface area contributed by atoms with Crippen LogP contribution in [0, 0.1) is 5.82 Å². The molecule has 6 nitrogen and oxygen atoms in total. The summed E-state index contributed by atoms with van der Waals surface area (Å²) < 4.78 is 29.5. The van der Waals surface area contributed by atoms with Crippen LogP contribution in [0.15, 0.2) is 30.3 Å². The van der Waals surface area contributed by atoms with E-state index in [1.54, 1.807) is 31.4 Å². The summed E-state index contributed by atoms with van der Waals surface area (Å²) in [6.07, 6.45) is 0. The van der Waals surface area contributed by atoms with E-state index >= 15 is 0 Å². The van der Waals surface area contributed by atoms with Crippen molar-refractivity contribution >= 4 is 34.8 Å². The van der Waals surface area contributed by atoms with Gasteiger partial charge in [-0.05, 0) is 17.7 Å². The Morgan fingerprint density at radius 2 is 1.90 bits per heavy atom. The molecule has 0 saturated heterocycles. The fourth-order valence-corrected chi connectivity index (χ4v) is 3.29. The normalized spacial score (nSPS) is 12.9. The Kier molecular flexibility index (Phi) is 7.55. The first kappa shape index (κ1) is 21.6. The second kappa shape index (κ2) is 10.1. The molecule has 1 N–H and O–H groups in total. The van der Waals surface area contributed by atoms with Crippen LogP contribution in [0.4, 0.5) is 10.1 Å². The minimum Gasteiger partial charge on any atom is -0.486 e. The number of nitrogens with zero attached hydrogens (tertiary/aromatic N) is 1. The molecule has 0 radical (unpaired) electrons. The van der Waals surface area contributed by atoms with Crippen LogP contribution < -0.4 is 14.8 Å². The van der Waals surface area contributed by atoms with Crippen LogP contribution in [0.2, 0.25) is 10.0 Å². The van der Waals surface area contributed by atoms with Gasteiger partial charge in [-0.2, -0.15) is 0 Å². The first-order valence-electron chi connectivity index (χ1n) is 9.00. The molecule has 1 aliphatic heterocycles. The predicted octanol–water partition coefficient (Wildman–Crippen LogP) is 3.99. The average Bonchev–Trinajstić information content (AvgIpc) is 2.69. The van der Waals surface area contributed by atoms with Gasteiger partial charge >= 0.3 is 0 Å². The third-order valence-electron chi connectivity index (χ3n) is 4.27. The van der Waals surface area contributed by atoms with Gasteiger partial charge in [-0.25, -0.2) is 4.39 Å². The molecule has 0 bridgehead atoms. The number of benzene rings is 2. The van der Waals surface area contributed by atoms with Gasteiger partial charge in [-0.1, -0.05) is 29.3 Å². The molecule has 1 aliphatic rings. The lowest BCUT2D eigenvalue weighted by Gasteiger charge is -2.23. The van der Waals surface area contributed by atoms with Crippen molar-refractivity contribution in [3.63, 3.8) is 0 Å². The van der Waals surface area contributed by atoms with Crippen molar-refractivity contribution in [1.82, 2.24) is 4.90 Å². The molecule has 2 aromatic carbocycles. The van der Waals surface area contributed by atoms with E-state index in [1.165, 1.54) is 6.07 Å². The molecule has 0 fully saturated rings. The minimum absolute atomic E-state index is 0.0432. The molecule has 0 unspecified atom stereocenters. The second-order valence-electron chi connectivity index (χ2n) is 6.48. The van der Waals surface area contributed by atoms with Gasteiger partial charge in [0.2, 0.25) is 5.91 Å². The largest absolute Gasteiger partial charge is 0.486 e. The number of hydrogen-bond acceptors (Lipinski definition) is 5. The minimum atomic E-state index is -0.482. The summed E-state index contributed by atoms with van der Waals surface area (Å²) in [7, 11) is 1.59. The number of amides is 1. The van der Waals surface area contributed by atoms with Gasteiger partial charge in [-0.15, -0.1) is 0 Å². The monoisotopic (exact) mass is 442 g/mol. The topological polar surface area (TPSA) is 60.0 Å². The molecule has 2 aromatic rings. The summed E-state index contributed by atoms with van der Waals surface area (Å²) in [5.74, 6) is 0.347. The van der Waals surface area contributed by atoms with E-state index in [9.17, 15) is 9.18 Å². The molecule has 0 saturated carbocycles. The van der Waals surface area contributed by atoms with Gasteiger partial charge in [0, 0.05) is 32.3 Å². The molecule has 29 heavy (non-hydrogen) atoms. The van der Waals surface area contributed by atoms with Crippen LogP contribution in [0.1, 0.15) is 5.56 Å². The van der Waals surface area contributed by atoms with Crippen molar-refractivity contribution < 1.29 is 23.4 Å². The Bertz CT molecular complexity index is 882. The summed E-state index contributed by atoms with van der Waals surface area (Å²) in [6.45, 7) is 2.33. The molecule has 9 heteroatoms. The molecule has 0 atom stereocenters. The third-order valence-corrected chi connectivity index (χ3v) is 4.88. The van der Waals surface area contributed by atoms with Crippen molar-refractivity contribution in [3.05, 3.63) is 51.8 Å². The summed E-state index contributed by atoms with van der Waals surface area (Å²) in [6, 6.07) is 7.76. The van der Waals surface area contributed by atoms with Crippen molar-refractivity contribution in [2.75, 3.05) is 45.3 Å². The second-order valence-corrected chi connectivity index (χ2v) is 7.29. The summed E-state index contributed by atoms with van der Waals surface area (Å²) in [5, 5.41) is 3.20. The number of carbonyl (C=O) groups excluding carboxylic acids is 1. The Morgan fingerprint density at radius 1 is 1.17 bits per heavy atom. The van der Waals surface area contributed by atoms with Crippen molar-refractivity contribution in [2.45, 2.75) is 6.54 Å². The lowest BCUT2D eigenvalue weighted by atomic mass is 10.2. The summed E-state index contributed by atoms with van der Waals surface area (Å²) in [4.78, 5) is 14.5. The molecule has 0 spiro atoms. The lowest BCUT2D eigenvalue weighted by molar-refractivity contribution is -0.117. The quantitative estimate of drug-likeness (QED) is 0.669. The average molecular weight is 443 g/mol. The number of halogens is 3. The Morgan fingerprint density at radius 3 is 2.59 bits per heavy atom. The zero-order valence-corrected chi connectivity index (χ0v) is 17.4. The molecule has 3 rings (SSSR count). The summed E-state index contributed by atoms with van der Waals surface area (Å²) in [5.41, 5.74) is 1.23. The lowest BCUT2D eigenvalue weighted by Crippen LogP contribution is -2.35. The molecular weight excluding hydrogens is 422 g/mol. The Balaban J connectivity index is 1.67. The maximum atomic E-state index is 13.4. The molecule has 156 valence electrons. The van der Waals surface area contributed by atoms with E-state index in [0.29, 0.717) is 55.1 Å². The number of fused-ring (bicyclic) bond motifs is 1. The fourth-order valence-electron chi connectivity index (χ4n) is 2.88. The van der Waals surface area contributed by atoms with Crippen LogP contribution in [-0.4, -0.2) is 50.8 Å². The highest BCUT2D eigenvalue weighted by molar-refractivity contribution is 6.34. The molecule has 1 heterocycles. The Labute approximate surface area is 178 Å². The SMILES string of the molecule is COCCN(CC(=O)Nc1cc2c(cc1Cl)OCCO2)Cc1ccc(F)c(Cl)c1. The van der Waals surface area contributed by atoms with E-state index in [4.69, 9.17) is 37.4 Å². The first-order chi connectivity index (χ1) is 14.0. The van der Waals surface area contributed by atoms with Crippen LogP contribution in [0.25, 0.3) is 0 Å². The Hall–Kier alpha value is -2.06. The van der Waals surface area contributed by atoms with Crippen LogP contribution in [0.3, 0.4) is 0 Å². The van der Waals surface area contributed by atoms with Crippen LogP contribution in [0.5, 0.6) is 11.5 Å². The zero-order chi connectivity index (χ0) is 20.8. The first-order valence-corrected chi connectivity index (χ1v) is 9.76. The van der Waals surface area contributed by atoms with E-state index in [-0.39, 0.29) is 17.5 Å². The molecule has 0 aromatic heterocycles. The number of carbonyl (C=O) groups is 1. The molecular formula is C20H21Cl2FN2O4. The van der Waals surface area contributed by atoms with E-state index in [2.05, 4.69) is 5.32 Å². The van der Waals surface area contributed by atoms with Gasteiger partial charge < -0.3 is 19.5 Å². The zero-order valence-electron chi connectivity index (χ0n) is 15.8. The van der Waals surface area contributed by atoms with E-state index in [1.807, 2.05) is 4.90 Å². The number of anilines is 1. The smallest absolute Gasteiger partial charge is 0.238 e. The van der Waals surface area contributed by atoms with Gasteiger partial charge in [0.25, 0.3) is 0 Å². The van der Waals surface area contributed by atoms with E-state index < -0.39 is 5.82 Å². The third kappa shape index (κ3) is 5.96. The number of ether oxygens (including phenoxy) is 3. The molecule has 0 aliphatic carbocycles. The highest BCUT2D eigenvalue weighted by atomic mass is 35.5. The van der Waals surface area contributed by atoms with Crippen molar-refractivity contribution in [3.8, 4) is 11.5 Å². The van der Waals surface area contributed by atoms with Crippen LogP contribution >= 0.6 is 23.2 Å². The number of rotatable bonds is 8. The van der Waals surface area contributed by atoms with Gasteiger partial charge in [0.1, 0.15) is 19.0 Å². The van der Waals surface area contributed by atoms with Gasteiger partial charge in [0.15, 0.2) is 11.5 Å². The van der Waals surface area contributed by atoms with Gasteiger partial charge in [-0.3, -0.25) is 9.69 Å². The number of hydrogen-bond donors (Lipinski definition) is 1. The maximum Gasteiger partial charge on any atom is 0.238 e. The standard InChI is InChI=1S/C20H21Cl2FN2O4/c1-27-5-4-25(11-13-2-3-16(23)14(21)8-13)12-20(26)24-17-10-19-18(9-15(17)22)28-6-7-29-19/h2-3,8-10H,4-7,11-12H2,1H3,(H,24,26).